The fourth-order valence-electron chi connectivity index (χ4n) is 4.62. The molecule has 1 amide bonds. The lowest BCUT2D eigenvalue weighted by Crippen LogP contribution is -2.49. The third-order valence-corrected chi connectivity index (χ3v) is 7.06. The molecular formula is C29H34F3N7O5. The zero-order valence-corrected chi connectivity index (χ0v) is 24.8. The molecule has 1 fully saturated rings. The molecule has 1 saturated heterocycles. The van der Waals surface area contributed by atoms with Gasteiger partial charge in [0.1, 0.15) is 17.1 Å². The summed E-state index contributed by atoms with van der Waals surface area (Å²) in [5.41, 5.74) is 0.747. The van der Waals surface area contributed by atoms with E-state index < -0.39 is 17.6 Å². The first-order chi connectivity index (χ1) is 21.1. The molecule has 0 spiro atoms. The molecule has 1 aliphatic heterocycles. The van der Waals surface area contributed by atoms with Gasteiger partial charge in [-0.3, -0.25) is 19.3 Å². The largest absolute Gasteiger partial charge is 0.494 e. The first kappa shape index (κ1) is 32.4. The van der Waals surface area contributed by atoms with Gasteiger partial charge < -0.3 is 25.0 Å². The number of benzene rings is 2. The first-order valence-electron chi connectivity index (χ1n) is 13.6. The molecular weight excluding hydrogens is 583 g/mol. The molecule has 12 nitrogen and oxygen atoms in total. The van der Waals surface area contributed by atoms with E-state index in [1.807, 2.05) is 11.0 Å². The number of aldehydes is 1. The van der Waals surface area contributed by atoms with Crippen LogP contribution in [-0.4, -0.2) is 93.2 Å². The third-order valence-electron chi connectivity index (χ3n) is 7.06. The number of carbonyl (C=O) groups is 2. The van der Waals surface area contributed by atoms with Gasteiger partial charge in [0.05, 0.1) is 32.0 Å². The van der Waals surface area contributed by atoms with Gasteiger partial charge in [-0.05, 0) is 30.8 Å². The van der Waals surface area contributed by atoms with Gasteiger partial charge in [-0.15, -0.1) is 0 Å². The van der Waals surface area contributed by atoms with E-state index in [0.29, 0.717) is 62.2 Å². The first-order valence-corrected chi connectivity index (χ1v) is 13.6. The van der Waals surface area contributed by atoms with Crippen LogP contribution >= 0.6 is 0 Å². The minimum Gasteiger partial charge on any atom is -0.494 e. The molecule has 44 heavy (non-hydrogen) atoms. The summed E-state index contributed by atoms with van der Waals surface area (Å²) in [6, 6.07) is 10.0. The zero-order valence-electron chi connectivity index (χ0n) is 24.8. The summed E-state index contributed by atoms with van der Waals surface area (Å²) in [5.74, 6) is -0.722. The highest BCUT2D eigenvalue weighted by Crippen LogP contribution is 2.39. The van der Waals surface area contributed by atoms with Crippen LogP contribution in [0.15, 0.2) is 42.6 Å². The second kappa shape index (κ2) is 14.3. The number of alkyl halides is 3. The van der Waals surface area contributed by atoms with Crippen molar-refractivity contribution in [3.05, 3.63) is 59.3 Å². The Morgan fingerprint density at radius 1 is 1.11 bits per heavy atom. The molecule has 236 valence electrons. The lowest BCUT2D eigenvalue weighted by Gasteiger charge is -2.36. The van der Waals surface area contributed by atoms with Crippen molar-refractivity contribution in [1.82, 2.24) is 25.2 Å². The molecule has 1 aliphatic rings. The fraction of sp³-hybridized carbons (Fsp3) is 0.379. The van der Waals surface area contributed by atoms with Crippen molar-refractivity contribution < 1.29 is 37.1 Å². The summed E-state index contributed by atoms with van der Waals surface area (Å²) in [5, 5.41) is 7.01. The average molecular weight is 618 g/mol. The lowest BCUT2D eigenvalue weighted by molar-refractivity contribution is -0.169. The fourth-order valence-corrected chi connectivity index (χ4v) is 4.62. The number of piperazine rings is 1. The van der Waals surface area contributed by atoms with Gasteiger partial charge in [-0.2, -0.15) is 18.2 Å². The highest BCUT2D eigenvalue weighted by atomic mass is 19.4. The Morgan fingerprint density at radius 3 is 2.50 bits per heavy atom. The number of hydrogen-bond donors (Lipinski definition) is 2. The number of anilines is 3. The smallest absolute Gasteiger partial charge is 0.423 e. The number of methoxy groups -OCH3 is 1. The number of carbonyl (C=O) groups excluding carboxylic acids is 2. The molecule has 4 rings (SSSR count). The number of halogens is 3. The summed E-state index contributed by atoms with van der Waals surface area (Å²) in [6.45, 7) is 3.23. The van der Waals surface area contributed by atoms with Crippen molar-refractivity contribution in [3.8, 4) is 17.4 Å². The molecule has 2 heterocycles. The highest BCUT2D eigenvalue weighted by molar-refractivity contribution is 5.82. The zero-order chi connectivity index (χ0) is 31.9. The molecule has 15 heteroatoms. The predicted molar refractivity (Wildman–Crippen MR) is 156 cm³/mol. The second-order valence-electron chi connectivity index (χ2n) is 9.84. The number of hydroxylamine groups is 2. The van der Waals surface area contributed by atoms with Gasteiger partial charge in [0.15, 0.2) is 6.29 Å². The van der Waals surface area contributed by atoms with E-state index in [1.54, 1.807) is 38.4 Å². The van der Waals surface area contributed by atoms with Crippen LogP contribution in [0.4, 0.5) is 30.5 Å². The normalized spacial score (nSPS) is 13.8. The maximum Gasteiger partial charge on any atom is 0.423 e. The van der Waals surface area contributed by atoms with Gasteiger partial charge in [0.2, 0.25) is 11.8 Å². The summed E-state index contributed by atoms with van der Waals surface area (Å²) in [4.78, 5) is 40.9. The highest BCUT2D eigenvalue weighted by Gasteiger charge is 2.37. The molecule has 0 aliphatic carbocycles. The quantitative estimate of drug-likeness (QED) is 0.229. The summed E-state index contributed by atoms with van der Waals surface area (Å²) < 4.78 is 52.7. The van der Waals surface area contributed by atoms with Crippen molar-refractivity contribution in [2.75, 3.05) is 71.3 Å². The second-order valence-corrected chi connectivity index (χ2v) is 9.84. The van der Waals surface area contributed by atoms with Crippen molar-refractivity contribution in [2.45, 2.75) is 12.7 Å². The molecule has 1 aromatic heterocycles. The molecule has 0 saturated carbocycles. The van der Waals surface area contributed by atoms with E-state index >= 15 is 0 Å². The molecule has 0 radical (unpaired) electrons. The van der Waals surface area contributed by atoms with Crippen molar-refractivity contribution in [2.24, 2.45) is 0 Å². The van der Waals surface area contributed by atoms with Gasteiger partial charge in [-0.25, -0.2) is 10.0 Å². The molecule has 0 bridgehead atoms. The number of nitrogens with one attached hydrogen (secondary N) is 2. The summed E-state index contributed by atoms with van der Waals surface area (Å²) in [6.07, 6.45) is -3.66. The lowest BCUT2D eigenvalue weighted by atomic mass is 10.1. The Hall–Kier alpha value is -4.47. The van der Waals surface area contributed by atoms with Crippen LogP contribution < -0.4 is 25.0 Å². The number of aromatic nitrogens is 2. The van der Waals surface area contributed by atoms with Crippen LogP contribution in [0.2, 0.25) is 0 Å². The van der Waals surface area contributed by atoms with Crippen molar-refractivity contribution >= 4 is 29.5 Å². The predicted octanol–water partition coefficient (Wildman–Crippen LogP) is 3.71. The number of nitrogens with zero attached hydrogens (tertiary/aromatic N) is 5. The van der Waals surface area contributed by atoms with E-state index in [-0.39, 0.29) is 29.7 Å². The van der Waals surface area contributed by atoms with Crippen LogP contribution in [0.3, 0.4) is 0 Å². The average Bonchev–Trinajstić information content (AvgIpc) is 3.01. The molecule has 2 aromatic carbocycles. The Bertz CT molecular complexity index is 1470. The van der Waals surface area contributed by atoms with Crippen LogP contribution in [0.1, 0.15) is 21.5 Å². The maximum atomic E-state index is 13.9. The Labute approximate surface area is 252 Å². The topological polar surface area (TPSA) is 121 Å². The summed E-state index contributed by atoms with van der Waals surface area (Å²) in [7, 11) is 6.16. The van der Waals surface area contributed by atoms with E-state index in [2.05, 4.69) is 25.5 Å². The maximum absolute atomic E-state index is 13.9. The molecule has 0 unspecified atom stereocenters. The monoisotopic (exact) mass is 617 g/mol. The van der Waals surface area contributed by atoms with Crippen LogP contribution in [-0.2, 0) is 22.4 Å². The van der Waals surface area contributed by atoms with Crippen molar-refractivity contribution in [1.29, 1.82) is 0 Å². The minimum absolute atomic E-state index is 0.0694. The molecule has 0 atom stereocenters. The standard InChI is InChI=1S/C29H34F3N7O5/c1-33-15-19-6-5-7-24(21(19)18-40)44-27-22(29(30,31)32)16-34-28(36-27)35-23-9-8-20(14-25(23)42-3)39-12-10-38(11-13-39)17-26(41)37(2)43-4/h5-9,14,16,18,33H,10-13,15,17H2,1-4H3,(H,34,35,36). The number of likely N-dealkylation sites (N-methyl/N-ethyl adjacent to an activating group) is 1. The molecule has 2 N–H and O–H groups in total. The van der Waals surface area contributed by atoms with Gasteiger partial charge in [0, 0.05) is 57.7 Å². The SMILES string of the molecule is CNCc1cccc(Oc2nc(Nc3ccc(N4CCN(CC(=O)N(C)OC)CC4)cc3OC)ncc2C(F)(F)F)c1C=O. The minimum atomic E-state index is -4.81. The summed E-state index contributed by atoms with van der Waals surface area (Å²) >= 11 is 0. The Morgan fingerprint density at radius 2 is 1.86 bits per heavy atom. The Kier molecular flexibility index (Phi) is 10.6. The van der Waals surface area contributed by atoms with Crippen LogP contribution in [0, 0.1) is 0 Å². The van der Waals surface area contributed by atoms with Gasteiger partial charge >= 0.3 is 6.18 Å². The third kappa shape index (κ3) is 7.72. The van der Waals surface area contributed by atoms with Gasteiger partial charge in [-0.1, -0.05) is 12.1 Å². The number of amides is 1. The van der Waals surface area contributed by atoms with Crippen molar-refractivity contribution in [3.63, 3.8) is 0 Å². The Balaban J connectivity index is 1.53. The number of rotatable bonds is 12. The van der Waals surface area contributed by atoms with Gasteiger partial charge in [0.25, 0.3) is 5.91 Å². The van der Waals surface area contributed by atoms with E-state index in [1.165, 1.54) is 25.3 Å². The number of hydrogen-bond acceptors (Lipinski definition) is 11. The van der Waals surface area contributed by atoms with E-state index in [0.717, 1.165) is 5.69 Å². The van der Waals surface area contributed by atoms with Crippen LogP contribution in [0.25, 0.3) is 0 Å². The van der Waals surface area contributed by atoms with E-state index in [9.17, 15) is 22.8 Å². The number of ether oxygens (including phenoxy) is 2. The van der Waals surface area contributed by atoms with E-state index in [4.69, 9.17) is 14.3 Å². The molecule has 3 aromatic rings. The van der Waals surface area contributed by atoms with Crippen LogP contribution in [0.5, 0.6) is 17.4 Å².